The van der Waals surface area contributed by atoms with E-state index in [1.165, 1.54) is 12.0 Å². The van der Waals surface area contributed by atoms with Crippen LogP contribution in [0.3, 0.4) is 0 Å². The van der Waals surface area contributed by atoms with Crippen LogP contribution in [-0.2, 0) is 6.42 Å². The summed E-state index contributed by atoms with van der Waals surface area (Å²) in [5, 5.41) is 2.86. The largest absolute Gasteiger partial charge is 0.438 e. The topological polar surface area (TPSA) is 55.1 Å². The van der Waals surface area contributed by atoms with Crippen LogP contribution in [0.25, 0.3) is 0 Å². The Morgan fingerprint density at radius 3 is 2.74 bits per heavy atom. The van der Waals surface area contributed by atoms with Crippen molar-refractivity contribution in [2.45, 2.75) is 26.2 Å². The number of carbonyl (C=O) groups is 1. The summed E-state index contributed by atoms with van der Waals surface area (Å²) in [6.45, 7) is 4.55. The molecule has 0 aliphatic heterocycles. The number of amides is 1. The molecule has 2 aromatic rings. The van der Waals surface area contributed by atoms with Gasteiger partial charge in [-0.05, 0) is 17.9 Å². The van der Waals surface area contributed by atoms with Crippen LogP contribution >= 0.6 is 0 Å². The second-order valence-corrected chi connectivity index (χ2v) is 4.71. The van der Waals surface area contributed by atoms with E-state index in [-0.39, 0.29) is 11.8 Å². The Kier molecular flexibility index (Phi) is 4.34. The van der Waals surface area contributed by atoms with Crippen molar-refractivity contribution in [2.24, 2.45) is 0 Å². The average molecular weight is 258 g/mol. The van der Waals surface area contributed by atoms with Gasteiger partial charge in [-0.15, -0.1) is 0 Å². The fourth-order valence-corrected chi connectivity index (χ4v) is 1.88. The summed E-state index contributed by atoms with van der Waals surface area (Å²) in [6, 6.07) is 10.0. The van der Waals surface area contributed by atoms with Crippen molar-refractivity contribution in [1.82, 2.24) is 10.3 Å². The van der Waals surface area contributed by atoms with E-state index >= 15 is 0 Å². The fraction of sp³-hybridized carbons (Fsp3) is 0.333. The molecule has 0 saturated heterocycles. The first-order valence-electron chi connectivity index (χ1n) is 6.44. The van der Waals surface area contributed by atoms with Crippen molar-refractivity contribution in [3.63, 3.8) is 0 Å². The van der Waals surface area contributed by atoms with Gasteiger partial charge in [-0.25, -0.2) is 4.98 Å². The van der Waals surface area contributed by atoms with E-state index in [4.69, 9.17) is 4.42 Å². The van der Waals surface area contributed by atoms with E-state index in [0.717, 1.165) is 6.42 Å². The number of oxazole rings is 1. The van der Waals surface area contributed by atoms with Gasteiger partial charge < -0.3 is 9.73 Å². The molecule has 0 bridgehead atoms. The zero-order chi connectivity index (χ0) is 13.7. The Labute approximate surface area is 112 Å². The summed E-state index contributed by atoms with van der Waals surface area (Å²) in [5.41, 5.74) is 1.90. The Morgan fingerprint density at radius 1 is 1.32 bits per heavy atom. The maximum Gasteiger partial charge on any atom is 0.289 e. The second kappa shape index (κ2) is 6.18. The monoisotopic (exact) mass is 258 g/mol. The van der Waals surface area contributed by atoms with E-state index in [1.807, 2.05) is 44.2 Å². The molecular weight excluding hydrogens is 240 g/mol. The lowest BCUT2D eigenvalue weighted by Gasteiger charge is -2.06. The fourth-order valence-electron chi connectivity index (χ4n) is 1.88. The summed E-state index contributed by atoms with van der Waals surface area (Å²) in [4.78, 5) is 16.1. The maximum atomic E-state index is 12.0. The van der Waals surface area contributed by atoms with Gasteiger partial charge in [0.15, 0.2) is 6.39 Å². The van der Waals surface area contributed by atoms with Crippen molar-refractivity contribution in [3.8, 4) is 0 Å². The first-order valence-corrected chi connectivity index (χ1v) is 6.44. The second-order valence-electron chi connectivity index (χ2n) is 4.71. The third kappa shape index (κ3) is 3.44. The van der Waals surface area contributed by atoms with E-state index in [1.54, 1.807) is 0 Å². The highest BCUT2D eigenvalue weighted by atomic mass is 16.3. The first kappa shape index (κ1) is 13.3. The van der Waals surface area contributed by atoms with Gasteiger partial charge in [-0.3, -0.25) is 4.79 Å². The van der Waals surface area contributed by atoms with Crippen LogP contribution in [0.2, 0.25) is 0 Å². The number of rotatable bonds is 5. The van der Waals surface area contributed by atoms with Crippen molar-refractivity contribution in [1.29, 1.82) is 0 Å². The zero-order valence-corrected chi connectivity index (χ0v) is 11.2. The van der Waals surface area contributed by atoms with Gasteiger partial charge in [0.05, 0.1) is 5.69 Å². The van der Waals surface area contributed by atoms with Crippen LogP contribution in [0.15, 0.2) is 41.1 Å². The molecule has 0 radical (unpaired) electrons. The van der Waals surface area contributed by atoms with Gasteiger partial charge in [0.1, 0.15) is 0 Å². The molecule has 1 heterocycles. The van der Waals surface area contributed by atoms with Crippen LogP contribution in [0.1, 0.15) is 41.6 Å². The van der Waals surface area contributed by atoms with Crippen molar-refractivity contribution in [2.75, 3.05) is 6.54 Å². The molecule has 1 amide bonds. The molecule has 0 aliphatic rings. The SMILES string of the molecule is CC(C)c1ncoc1C(=O)NCCc1ccccc1. The lowest BCUT2D eigenvalue weighted by Crippen LogP contribution is -2.26. The molecule has 4 heteroatoms. The summed E-state index contributed by atoms with van der Waals surface area (Å²) >= 11 is 0. The Bertz CT molecular complexity index is 532. The zero-order valence-electron chi connectivity index (χ0n) is 11.2. The van der Waals surface area contributed by atoms with Crippen molar-refractivity contribution < 1.29 is 9.21 Å². The van der Waals surface area contributed by atoms with Gasteiger partial charge in [0, 0.05) is 6.54 Å². The third-order valence-corrected chi connectivity index (χ3v) is 2.89. The van der Waals surface area contributed by atoms with E-state index < -0.39 is 0 Å². The number of hydrogen-bond acceptors (Lipinski definition) is 3. The van der Waals surface area contributed by atoms with Crippen LogP contribution in [0.4, 0.5) is 0 Å². The highest BCUT2D eigenvalue weighted by molar-refractivity contribution is 5.92. The molecular formula is C15H18N2O2. The molecule has 0 spiro atoms. The quantitative estimate of drug-likeness (QED) is 0.897. The molecule has 2 rings (SSSR count). The maximum absolute atomic E-state index is 12.0. The van der Waals surface area contributed by atoms with Gasteiger partial charge in [-0.1, -0.05) is 44.2 Å². The third-order valence-electron chi connectivity index (χ3n) is 2.89. The molecule has 0 saturated carbocycles. The molecule has 1 N–H and O–H groups in total. The van der Waals surface area contributed by atoms with Gasteiger partial charge in [0.25, 0.3) is 5.91 Å². The predicted molar refractivity (Wildman–Crippen MR) is 73.1 cm³/mol. The molecule has 1 aromatic heterocycles. The molecule has 4 nitrogen and oxygen atoms in total. The molecule has 0 fully saturated rings. The summed E-state index contributed by atoms with van der Waals surface area (Å²) < 4.78 is 5.17. The minimum absolute atomic E-state index is 0.175. The Balaban J connectivity index is 1.89. The minimum Gasteiger partial charge on any atom is -0.438 e. The van der Waals surface area contributed by atoms with E-state index in [2.05, 4.69) is 10.3 Å². The highest BCUT2D eigenvalue weighted by Crippen LogP contribution is 2.17. The number of benzene rings is 1. The number of nitrogens with zero attached hydrogens (tertiary/aromatic N) is 1. The molecule has 0 atom stereocenters. The molecule has 19 heavy (non-hydrogen) atoms. The number of hydrogen-bond donors (Lipinski definition) is 1. The Hall–Kier alpha value is -2.10. The number of carbonyl (C=O) groups excluding carboxylic acids is 1. The van der Waals surface area contributed by atoms with Crippen LogP contribution in [0, 0.1) is 0 Å². The van der Waals surface area contributed by atoms with Gasteiger partial charge >= 0.3 is 0 Å². The summed E-state index contributed by atoms with van der Waals surface area (Å²) in [7, 11) is 0. The van der Waals surface area contributed by atoms with Gasteiger partial charge in [0.2, 0.25) is 5.76 Å². The van der Waals surface area contributed by atoms with Crippen LogP contribution in [0.5, 0.6) is 0 Å². The standard InChI is InChI=1S/C15H18N2O2/c1-11(2)13-14(19-10-17-13)15(18)16-9-8-12-6-4-3-5-7-12/h3-7,10-11H,8-9H2,1-2H3,(H,16,18). The Morgan fingerprint density at radius 2 is 2.05 bits per heavy atom. The van der Waals surface area contributed by atoms with Crippen molar-refractivity contribution >= 4 is 5.91 Å². The highest BCUT2D eigenvalue weighted by Gasteiger charge is 2.18. The molecule has 0 aliphatic carbocycles. The minimum atomic E-state index is -0.197. The normalized spacial score (nSPS) is 10.7. The first-order chi connectivity index (χ1) is 9.18. The molecule has 0 unspecified atom stereocenters. The summed E-state index contributed by atoms with van der Waals surface area (Å²) in [5.74, 6) is 0.300. The molecule has 1 aromatic carbocycles. The van der Waals surface area contributed by atoms with Crippen LogP contribution < -0.4 is 5.32 Å². The predicted octanol–water partition coefficient (Wildman–Crippen LogP) is 2.77. The molecule has 100 valence electrons. The smallest absolute Gasteiger partial charge is 0.289 e. The number of aromatic nitrogens is 1. The average Bonchev–Trinajstić information content (AvgIpc) is 2.89. The lowest BCUT2D eigenvalue weighted by atomic mass is 10.1. The number of nitrogens with one attached hydrogen (secondary N) is 1. The van der Waals surface area contributed by atoms with Gasteiger partial charge in [-0.2, -0.15) is 0 Å². The van der Waals surface area contributed by atoms with E-state index in [9.17, 15) is 4.79 Å². The van der Waals surface area contributed by atoms with Crippen molar-refractivity contribution in [3.05, 3.63) is 53.7 Å². The van der Waals surface area contributed by atoms with Crippen LogP contribution in [-0.4, -0.2) is 17.4 Å². The lowest BCUT2D eigenvalue weighted by molar-refractivity contribution is 0.0924. The van der Waals surface area contributed by atoms with E-state index in [0.29, 0.717) is 18.0 Å². The summed E-state index contributed by atoms with van der Waals surface area (Å²) in [6.07, 6.45) is 2.12.